The van der Waals surface area contributed by atoms with Crippen LogP contribution in [-0.4, -0.2) is 50.5 Å². The van der Waals surface area contributed by atoms with Crippen LogP contribution in [0.3, 0.4) is 0 Å². The van der Waals surface area contributed by atoms with Crippen molar-refractivity contribution in [2.45, 2.75) is 19.4 Å². The molecule has 2 rings (SSSR count). The molecule has 7 heteroatoms. The van der Waals surface area contributed by atoms with Crippen LogP contribution in [0.5, 0.6) is 0 Å². The van der Waals surface area contributed by atoms with Crippen LogP contribution in [0.25, 0.3) is 0 Å². The van der Waals surface area contributed by atoms with Gasteiger partial charge in [0.25, 0.3) is 0 Å². The number of rotatable bonds is 7. The summed E-state index contributed by atoms with van der Waals surface area (Å²) in [5.74, 6) is -1.29. The highest BCUT2D eigenvalue weighted by molar-refractivity contribution is 5.84. The number of carbonyl (C=O) groups is 2. The van der Waals surface area contributed by atoms with Crippen LogP contribution >= 0.6 is 0 Å². The van der Waals surface area contributed by atoms with Gasteiger partial charge >= 0.3 is 5.97 Å². The van der Waals surface area contributed by atoms with Gasteiger partial charge in [-0.2, -0.15) is 0 Å². The number of hydrogen-bond donors (Lipinski definition) is 1. The molecule has 7 nitrogen and oxygen atoms in total. The Bertz CT molecular complexity index is 639. The maximum atomic E-state index is 12.0. The Balaban J connectivity index is 1.77. The van der Waals surface area contributed by atoms with E-state index in [1.807, 2.05) is 18.2 Å². The normalized spacial score (nSPS) is 10.4. The Labute approximate surface area is 128 Å². The minimum atomic E-state index is -1.16. The average molecular weight is 302 g/mol. The molecule has 0 atom stereocenters. The largest absolute Gasteiger partial charge is 0.476 e. The van der Waals surface area contributed by atoms with E-state index in [0.717, 1.165) is 12.8 Å². The smallest absolute Gasteiger partial charge is 0.358 e. The van der Waals surface area contributed by atoms with Crippen molar-refractivity contribution in [2.75, 3.05) is 13.6 Å². The van der Waals surface area contributed by atoms with Gasteiger partial charge in [-0.1, -0.05) is 35.5 Å². The van der Waals surface area contributed by atoms with E-state index in [4.69, 9.17) is 5.11 Å². The summed E-state index contributed by atoms with van der Waals surface area (Å²) >= 11 is 0. The summed E-state index contributed by atoms with van der Waals surface area (Å²) in [6.45, 7) is 0.621. The molecule has 1 aromatic heterocycles. The second-order valence-electron chi connectivity index (χ2n) is 5.01. The highest BCUT2D eigenvalue weighted by atomic mass is 16.4. The molecule has 1 aromatic carbocycles. The summed E-state index contributed by atoms with van der Waals surface area (Å²) in [6, 6.07) is 10.1. The first-order chi connectivity index (χ1) is 10.6. The number of hydrogen-bond acceptors (Lipinski definition) is 4. The number of amides is 1. The molecule has 1 amide bonds. The standard InChI is InChI=1S/C15H18N4O3/c1-18(9-5-8-12-6-3-2-4-7-12)14(20)11-19-10-13(15(21)22)16-17-19/h2-4,6-7,10H,5,8-9,11H2,1H3,(H,21,22). The van der Waals surface area contributed by atoms with E-state index >= 15 is 0 Å². The maximum absolute atomic E-state index is 12.0. The minimum absolute atomic E-state index is 0.0118. The van der Waals surface area contributed by atoms with Gasteiger partial charge in [-0.3, -0.25) is 4.79 Å². The number of carbonyl (C=O) groups excluding carboxylic acids is 1. The van der Waals surface area contributed by atoms with E-state index in [-0.39, 0.29) is 18.1 Å². The van der Waals surface area contributed by atoms with Gasteiger partial charge in [0.05, 0.1) is 6.20 Å². The molecule has 0 spiro atoms. The average Bonchev–Trinajstić information content (AvgIpc) is 2.97. The van der Waals surface area contributed by atoms with Crippen molar-refractivity contribution in [2.24, 2.45) is 0 Å². The zero-order valence-corrected chi connectivity index (χ0v) is 12.3. The summed E-state index contributed by atoms with van der Waals surface area (Å²) in [7, 11) is 1.72. The van der Waals surface area contributed by atoms with Crippen molar-refractivity contribution < 1.29 is 14.7 Å². The first-order valence-electron chi connectivity index (χ1n) is 6.97. The van der Waals surface area contributed by atoms with Gasteiger partial charge < -0.3 is 10.0 Å². The van der Waals surface area contributed by atoms with E-state index < -0.39 is 5.97 Å². The molecule has 0 fully saturated rings. The molecular weight excluding hydrogens is 284 g/mol. The lowest BCUT2D eigenvalue weighted by Gasteiger charge is -2.16. The van der Waals surface area contributed by atoms with Gasteiger partial charge in [0.2, 0.25) is 5.91 Å². The quantitative estimate of drug-likeness (QED) is 0.826. The fourth-order valence-electron chi connectivity index (χ4n) is 2.02. The Morgan fingerprint density at radius 3 is 2.64 bits per heavy atom. The highest BCUT2D eigenvalue weighted by Crippen LogP contribution is 2.03. The maximum Gasteiger partial charge on any atom is 0.358 e. The first-order valence-corrected chi connectivity index (χ1v) is 6.97. The van der Waals surface area contributed by atoms with Gasteiger partial charge in [-0.15, -0.1) is 5.10 Å². The summed E-state index contributed by atoms with van der Waals surface area (Å²) in [5, 5.41) is 15.9. The minimum Gasteiger partial charge on any atom is -0.476 e. The summed E-state index contributed by atoms with van der Waals surface area (Å²) < 4.78 is 1.24. The zero-order valence-electron chi connectivity index (χ0n) is 12.3. The predicted octanol–water partition coefficient (Wildman–Crippen LogP) is 1.07. The molecule has 0 saturated carbocycles. The van der Waals surface area contributed by atoms with Crippen LogP contribution in [0.15, 0.2) is 36.5 Å². The Kier molecular flexibility index (Phi) is 5.24. The van der Waals surface area contributed by atoms with Crippen molar-refractivity contribution in [3.63, 3.8) is 0 Å². The van der Waals surface area contributed by atoms with E-state index in [1.165, 1.54) is 16.4 Å². The number of nitrogens with zero attached hydrogens (tertiary/aromatic N) is 4. The van der Waals surface area contributed by atoms with Gasteiger partial charge in [0, 0.05) is 13.6 Å². The number of benzene rings is 1. The van der Waals surface area contributed by atoms with E-state index in [9.17, 15) is 9.59 Å². The fraction of sp³-hybridized carbons (Fsp3) is 0.333. The molecule has 2 aromatic rings. The molecule has 0 radical (unpaired) electrons. The number of aromatic carboxylic acids is 1. The third-order valence-electron chi connectivity index (χ3n) is 3.28. The topological polar surface area (TPSA) is 88.3 Å². The summed E-state index contributed by atoms with van der Waals surface area (Å²) in [4.78, 5) is 24.3. The number of aromatic nitrogens is 3. The molecule has 0 unspecified atom stereocenters. The lowest BCUT2D eigenvalue weighted by molar-refractivity contribution is -0.130. The number of aryl methyl sites for hydroxylation is 1. The van der Waals surface area contributed by atoms with Crippen molar-refractivity contribution in [1.82, 2.24) is 19.9 Å². The molecule has 0 bridgehead atoms. The predicted molar refractivity (Wildman–Crippen MR) is 79.4 cm³/mol. The zero-order chi connectivity index (χ0) is 15.9. The summed E-state index contributed by atoms with van der Waals surface area (Å²) in [6.07, 6.45) is 3.02. The second-order valence-corrected chi connectivity index (χ2v) is 5.01. The van der Waals surface area contributed by atoms with Crippen molar-refractivity contribution in [3.05, 3.63) is 47.8 Å². The van der Waals surface area contributed by atoms with Crippen LogP contribution in [0, 0.1) is 0 Å². The van der Waals surface area contributed by atoms with Crippen LogP contribution in [0.4, 0.5) is 0 Å². The number of carboxylic acid groups (broad SMARTS) is 1. The molecule has 1 N–H and O–H groups in total. The Morgan fingerprint density at radius 2 is 2.00 bits per heavy atom. The SMILES string of the molecule is CN(CCCc1ccccc1)C(=O)Cn1cc(C(=O)O)nn1. The highest BCUT2D eigenvalue weighted by Gasteiger charge is 2.13. The Morgan fingerprint density at radius 1 is 1.27 bits per heavy atom. The molecule has 0 aliphatic rings. The van der Waals surface area contributed by atoms with Crippen molar-refractivity contribution in [3.8, 4) is 0 Å². The van der Waals surface area contributed by atoms with Crippen LogP contribution in [0.1, 0.15) is 22.5 Å². The lowest BCUT2D eigenvalue weighted by atomic mass is 10.1. The second kappa shape index (κ2) is 7.35. The number of carboxylic acids is 1. The van der Waals surface area contributed by atoms with Crippen LogP contribution in [-0.2, 0) is 17.8 Å². The monoisotopic (exact) mass is 302 g/mol. The summed E-state index contributed by atoms with van der Waals surface area (Å²) in [5.41, 5.74) is 1.07. The van der Waals surface area contributed by atoms with Gasteiger partial charge in [-0.05, 0) is 18.4 Å². The van der Waals surface area contributed by atoms with Crippen molar-refractivity contribution in [1.29, 1.82) is 0 Å². The van der Waals surface area contributed by atoms with Crippen molar-refractivity contribution >= 4 is 11.9 Å². The number of likely N-dealkylation sites (N-methyl/N-ethyl adjacent to an activating group) is 1. The van der Waals surface area contributed by atoms with E-state index in [2.05, 4.69) is 22.4 Å². The third kappa shape index (κ3) is 4.41. The van der Waals surface area contributed by atoms with E-state index in [1.54, 1.807) is 11.9 Å². The van der Waals surface area contributed by atoms with Crippen LogP contribution in [0.2, 0.25) is 0 Å². The molecule has 1 heterocycles. The molecule has 0 aliphatic heterocycles. The molecular formula is C15H18N4O3. The third-order valence-corrected chi connectivity index (χ3v) is 3.28. The Hall–Kier alpha value is -2.70. The first kappa shape index (κ1) is 15.7. The van der Waals surface area contributed by atoms with Gasteiger partial charge in [0.1, 0.15) is 6.54 Å². The lowest BCUT2D eigenvalue weighted by Crippen LogP contribution is -2.31. The molecule has 0 aliphatic carbocycles. The fourth-order valence-corrected chi connectivity index (χ4v) is 2.02. The molecule has 0 saturated heterocycles. The van der Waals surface area contributed by atoms with Gasteiger partial charge in [0.15, 0.2) is 5.69 Å². The van der Waals surface area contributed by atoms with Gasteiger partial charge in [-0.25, -0.2) is 9.48 Å². The molecule has 116 valence electrons. The van der Waals surface area contributed by atoms with Crippen LogP contribution < -0.4 is 0 Å². The van der Waals surface area contributed by atoms with E-state index in [0.29, 0.717) is 6.54 Å². The molecule has 22 heavy (non-hydrogen) atoms.